The Hall–Kier alpha value is -3.86. The average molecular weight is 366 g/mol. The van der Waals surface area contributed by atoms with Crippen molar-refractivity contribution in [1.29, 1.82) is 5.26 Å². The number of carbonyl (C=O) groups excluding carboxylic acids is 2. The smallest absolute Gasteiger partial charge is 0.329 e. The number of rotatable bonds is 6. The zero-order valence-electron chi connectivity index (χ0n) is 14.9. The largest absolute Gasteiger partial charge is 0.497 e. The van der Waals surface area contributed by atoms with Crippen LogP contribution < -0.4 is 20.2 Å². The Labute approximate surface area is 156 Å². The summed E-state index contributed by atoms with van der Waals surface area (Å²) in [7, 11) is 3.04. The molecule has 8 nitrogen and oxygen atoms in total. The predicted octanol–water partition coefficient (Wildman–Crippen LogP) is 1.86. The van der Waals surface area contributed by atoms with Crippen LogP contribution in [-0.4, -0.2) is 32.2 Å². The van der Waals surface area contributed by atoms with E-state index in [1.54, 1.807) is 42.5 Å². The highest BCUT2D eigenvalue weighted by molar-refractivity contribution is 6.39. The SMILES string of the molecule is COc1ccc(OC)c(/C=N/NC(=O)C(=O)Nc2ccc(CC#N)cc2)c1. The van der Waals surface area contributed by atoms with E-state index in [1.807, 2.05) is 6.07 Å². The lowest BCUT2D eigenvalue weighted by Crippen LogP contribution is -2.32. The number of nitrogens with one attached hydrogen (secondary N) is 2. The second kappa shape index (κ2) is 9.58. The molecule has 0 spiro atoms. The molecule has 2 N–H and O–H groups in total. The summed E-state index contributed by atoms with van der Waals surface area (Å²) in [6.45, 7) is 0. The van der Waals surface area contributed by atoms with Crippen LogP contribution in [0.1, 0.15) is 11.1 Å². The zero-order valence-corrected chi connectivity index (χ0v) is 14.9. The number of ether oxygens (including phenoxy) is 2. The number of amides is 2. The van der Waals surface area contributed by atoms with Gasteiger partial charge in [-0.05, 0) is 35.9 Å². The summed E-state index contributed by atoms with van der Waals surface area (Å²) in [4.78, 5) is 23.7. The first kappa shape index (κ1) is 19.5. The molecule has 0 atom stereocenters. The summed E-state index contributed by atoms with van der Waals surface area (Å²) in [5, 5.41) is 14.9. The van der Waals surface area contributed by atoms with Crippen molar-refractivity contribution >= 4 is 23.7 Å². The number of benzene rings is 2. The van der Waals surface area contributed by atoms with E-state index in [9.17, 15) is 9.59 Å². The van der Waals surface area contributed by atoms with Crippen molar-refractivity contribution < 1.29 is 19.1 Å². The third kappa shape index (κ3) is 5.57. The number of methoxy groups -OCH3 is 2. The minimum absolute atomic E-state index is 0.275. The standard InChI is InChI=1S/C19H18N4O4/c1-26-16-7-8-17(27-2)14(11-16)12-21-23-19(25)18(24)22-15-5-3-13(4-6-15)9-10-20/h3-8,11-12H,9H2,1-2H3,(H,22,24)(H,23,25)/b21-12+. The summed E-state index contributed by atoms with van der Waals surface area (Å²) in [5.41, 5.74) is 3.98. The van der Waals surface area contributed by atoms with Crippen LogP contribution in [0.25, 0.3) is 0 Å². The number of hydrogen-bond donors (Lipinski definition) is 2. The van der Waals surface area contributed by atoms with E-state index in [2.05, 4.69) is 15.8 Å². The van der Waals surface area contributed by atoms with Crippen molar-refractivity contribution in [3.8, 4) is 17.6 Å². The maximum atomic E-state index is 11.9. The van der Waals surface area contributed by atoms with Gasteiger partial charge in [0.2, 0.25) is 0 Å². The lowest BCUT2D eigenvalue weighted by atomic mass is 10.1. The normalized spacial score (nSPS) is 10.1. The molecule has 0 saturated heterocycles. The first-order valence-electron chi connectivity index (χ1n) is 7.89. The minimum Gasteiger partial charge on any atom is -0.497 e. The highest BCUT2D eigenvalue weighted by Gasteiger charge is 2.13. The maximum Gasteiger partial charge on any atom is 0.329 e. The number of nitrogens with zero attached hydrogens (tertiary/aromatic N) is 2. The molecule has 0 aromatic heterocycles. The summed E-state index contributed by atoms with van der Waals surface area (Å²) in [6.07, 6.45) is 1.63. The second-order valence-corrected chi connectivity index (χ2v) is 5.29. The molecule has 2 aromatic carbocycles. The van der Waals surface area contributed by atoms with Crippen LogP contribution in [0.4, 0.5) is 5.69 Å². The van der Waals surface area contributed by atoms with Crippen LogP contribution >= 0.6 is 0 Å². The monoisotopic (exact) mass is 366 g/mol. The molecule has 0 unspecified atom stereocenters. The average Bonchev–Trinajstić information content (AvgIpc) is 2.69. The number of anilines is 1. The van der Waals surface area contributed by atoms with Crippen LogP contribution in [0, 0.1) is 11.3 Å². The Balaban J connectivity index is 1.95. The fourth-order valence-electron chi connectivity index (χ4n) is 2.14. The van der Waals surface area contributed by atoms with Gasteiger partial charge in [0.25, 0.3) is 0 Å². The van der Waals surface area contributed by atoms with E-state index in [0.717, 1.165) is 5.56 Å². The molecule has 2 amide bonds. The van der Waals surface area contributed by atoms with Gasteiger partial charge in [0.15, 0.2) is 0 Å². The van der Waals surface area contributed by atoms with Crippen LogP contribution in [0.3, 0.4) is 0 Å². The molecule has 2 rings (SSSR count). The molecule has 0 aliphatic carbocycles. The van der Waals surface area contributed by atoms with Gasteiger partial charge >= 0.3 is 11.8 Å². The van der Waals surface area contributed by atoms with E-state index >= 15 is 0 Å². The van der Waals surface area contributed by atoms with Gasteiger partial charge in [-0.2, -0.15) is 10.4 Å². The van der Waals surface area contributed by atoms with Crippen LogP contribution in [0.5, 0.6) is 11.5 Å². The van der Waals surface area contributed by atoms with E-state index in [1.165, 1.54) is 20.4 Å². The topological polar surface area (TPSA) is 113 Å². The van der Waals surface area contributed by atoms with Crippen molar-refractivity contribution in [3.63, 3.8) is 0 Å². The Morgan fingerprint density at radius 2 is 1.85 bits per heavy atom. The van der Waals surface area contributed by atoms with Gasteiger partial charge in [-0.15, -0.1) is 0 Å². The molecule has 0 heterocycles. The maximum absolute atomic E-state index is 11.9. The molecule has 27 heavy (non-hydrogen) atoms. The van der Waals surface area contributed by atoms with Crippen molar-refractivity contribution in [3.05, 3.63) is 53.6 Å². The van der Waals surface area contributed by atoms with Gasteiger partial charge in [0.1, 0.15) is 11.5 Å². The molecule has 0 aliphatic heterocycles. The van der Waals surface area contributed by atoms with Gasteiger partial charge in [-0.25, -0.2) is 5.43 Å². The molecule has 0 bridgehead atoms. The molecule has 8 heteroatoms. The lowest BCUT2D eigenvalue weighted by Gasteiger charge is -2.07. The van der Waals surface area contributed by atoms with Gasteiger partial charge in [0, 0.05) is 11.3 Å². The van der Waals surface area contributed by atoms with Crippen LogP contribution in [-0.2, 0) is 16.0 Å². The number of carbonyl (C=O) groups is 2. The second-order valence-electron chi connectivity index (χ2n) is 5.29. The first-order chi connectivity index (χ1) is 13.1. The van der Waals surface area contributed by atoms with Crippen LogP contribution in [0.15, 0.2) is 47.6 Å². The Morgan fingerprint density at radius 3 is 2.48 bits per heavy atom. The van der Waals surface area contributed by atoms with E-state index in [0.29, 0.717) is 22.7 Å². The molecule has 0 saturated carbocycles. The Bertz CT molecular complexity index is 886. The Morgan fingerprint density at radius 1 is 1.11 bits per heavy atom. The minimum atomic E-state index is -0.922. The Kier molecular flexibility index (Phi) is 6.91. The molecule has 0 fully saturated rings. The molecular formula is C19H18N4O4. The van der Waals surface area contributed by atoms with Crippen molar-refractivity contribution in [1.82, 2.24) is 5.43 Å². The number of hydrazone groups is 1. The summed E-state index contributed by atoms with van der Waals surface area (Å²) in [5.74, 6) is -0.649. The fourth-order valence-corrected chi connectivity index (χ4v) is 2.14. The summed E-state index contributed by atoms with van der Waals surface area (Å²) < 4.78 is 10.3. The molecule has 2 aromatic rings. The van der Waals surface area contributed by atoms with Gasteiger partial charge in [-0.3, -0.25) is 9.59 Å². The third-order valence-electron chi connectivity index (χ3n) is 3.51. The van der Waals surface area contributed by atoms with Gasteiger partial charge in [0.05, 0.1) is 32.9 Å². The molecule has 0 aliphatic rings. The van der Waals surface area contributed by atoms with E-state index in [-0.39, 0.29) is 6.42 Å². The third-order valence-corrected chi connectivity index (χ3v) is 3.51. The predicted molar refractivity (Wildman–Crippen MR) is 99.7 cm³/mol. The van der Waals surface area contributed by atoms with Gasteiger partial charge < -0.3 is 14.8 Å². The zero-order chi connectivity index (χ0) is 19.6. The van der Waals surface area contributed by atoms with Crippen molar-refractivity contribution in [2.45, 2.75) is 6.42 Å². The van der Waals surface area contributed by atoms with Crippen molar-refractivity contribution in [2.24, 2.45) is 5.10 Å². The molecule has 0 radical (unpaired) electrons. The lowest BCUT2D eigenvalue weighted by molar-refractivity contribution is -0.136. The fraction of sp³-hybridized carbons (Fsp3) is 0.158. The number of hydrogen-bond acceptors (Lipinski definition) is 6. The quantitative estimate of drug-likeness (QED) is 0.460. The van der Waals surface area contributed by atoms with Crippen LogP contribution in [0.2, 0.25) is 0 Å². The first-order valence-corrected chi connectivity index (χ1v) is 7.89. The van der Waals surface area contributed by atoms with E-state index in [4.69, 9.17) is 14.7 Å². The summed E-state index contributed by atoms with van der Waals surface area (Å²) >= 11 is 0. The highest BCUT2D eigenvalue weighted by Crippen LogP contribution is 2.22. The van der Waals surface area contributed by atoms with E-state index < -0.39 is 11.8 Å². The molecular weight excluding hydrogens is 348 g/mol. The van der Waals surface area contributed by atoms with Crippen molar-refractivity contribution in [2.75, 3.05) is 19.5 Å². The summed E-state index contributed by atoms with van der Waals surface area (Å²) in [6, 6.07) is 13.8. The highest BCUT2D eigenvalue weighted by atomic mass is 16.5. The number of nitriles is 1. The molecule has 138 valence electrons. The van der Waals surface area contributed by atoms with Gasteiger partial charge in [-0.1, -0.05) is 12.1 Å².